The number of benzene rings is 1. The molecular formula is C16H22Cl2N2O2. The molecule has 0 aromatic heterocycles. The van der Waals surface area contributed by atoms with Crippen LogP contribution in [-0.2, 0) is 4.79 Å². The van der Waals surface area contributed by atoms with Crippen LogP contribution in [-0.4, -0.2) is 41.1 Å². The number of rotatable bonds is 4. The zero-order chi connectivity index (χ0) is 16.3. The minimum absolute atomic E-state index is 0.0325. The van der Waals surface area contributed by atoms with Crippen molar-refractivity contribution >= 4 is 29.1 Å². The molecule has 2 N–H and O–H groups in total. The number of carbonyl (C=O) groups excluding carboxylic acids is 1. The summed E-state index contributed by atoms with van der Waals surface area (Å²) in [5.74, 6) is -0.0325. The number of aliphatic hydroxyl groups is 1. The van der Waals surface area contributed by atoms with Crippen molar-refractivity contribution < 1.29 is 9.90 Å². The van der Waals surface area contributed by atoms with E-state index in [1.807, 2.05) is 19.9 Å². The predicted octanol–water partition coefficient (Wildman–Crippen LogP) is 3.02. The first-order valence-corrected chi connectivity index (χ1v) is 8.31. The summed E-state index contributed by atoms with van der Waals surface area (Å²) in [6.45, 7) is 5.28. The minimum atomic E-state index is -0.238. The molecule has 1 aliphatic rings. The van der Waals surface area contributed by atoms with Crippen LogP contribution in [0.5, 0.6) is 0 Å². The number of hydrogen-bond donors (Lipinski definition) is 2. The molecule has 0 saturated carbocycles. The Morgan fingerprint density at radius 1 is 1.32 bits per heavy atom. The lowest BCUT2D eigenvalue weighted by Gasteiger charge is -2.34. The fourth-order valence-corrected chi connectivity index (χ4v) is 3.28. The first kappa shape index (κ1) is 17.5. The highest BCUT2D eigenvalue weighted by atomic mass is 35.5. The fraction of sp³-hybridized carbons (Fsp3) is 0.562. The van der Waals surface area contributed by atoms with E-state index >= 15 is 0 Å². The van der Waals surface area contributed by atoms with E-state index in [4.69, 9.17) is 23.2 Å². The first-order valence-electron chi connectivity index (χ1n) is 7.56. The molecule has 0 bridgehead atoms. The zero-order valence-corrected chi connectivity index (χ0v) is 14.4. The summed E-state index contributed by atoms with van der Waals surface area (Å²) in [5, 5.41) is 13.7. The van der Waals surface area contributed by atoms with E-state index in [-0.39, 0.29) is 24.1 Å². The zero-order valence-electron chi connectivity index (χ0n) is 12.9. The van der Waals surface area contributed by atoms with Crippen LogP contribution in [0.2, 0.25) is 10.0 Å². The van der Waals surface area contributed by atoms with Crippen LogP contribution in [0, 0.1) is 0 Å². The predicted molar refractivity (Wildman–Crippen MR) is 89.3 cm³/mol. The lowest BCUT2D eigenvalue weighted by molar-refractivity contribution is -0.127. The summed E-state index contributed by atoms with van der Waals surface area (Å²) in [6.07, 6.45) is 1.20. The maximum Gasteiger partial charge on any atom is 0.237 e. The van der Waals surface area contributed by atoms with Crippen LogP contribution in [0.3, 0.4) is 0 Å². The molecule has 2 unspecified atom stereocenters. The maximum absolute atomic E-state index is 12.4. The molecule has 2 rings (SSSR count). The van der Waals surface area contributed by atoms with Gasteiger partial charge in [0, 0.05) is 23.1 Å². The average Bonchev–Trinajstić information content (AvgIpc) is 2.47. The van der Waals surface area contributed by atoms with Gasteiger partial charge in [-0.05, 0) is 44.4 Å². The van der Waals surface area contributed by atoms with E-state index in [0.717, 1.165) is 31.5 Å². The van der Waals surface area contributed by atoms with E-state index in [1.54, 1.807) is 12.1 Å². The van der Waals surface area contributed by atoms with Gasteiger partial charge in [0.25, 0.3) is 0 Å². The number of aliphatic hydroxyl groups excluding tert-OH is 1. The van der Waals surface area contributed by atoms with Gasteiger partial charge in [0.2, 0.25) is 5.91 Å². The maximum atomic E-state index is 12.4. The molecule has 6 heteroatoms. The lowest BCUT2D eigenvalue weighted by Crippen LogP contribution is -2.49. The van der Waals surface area contributed by atoms with Crippen molar-refractivity contribution in [3.05, 3.63) is 33.8 Å². The van der Waals surface area contributed by atoms with Gasteiger partial charge >= 0.3 is 0 Å². The van der Waals surface area contributed by atoms with E-state index in [9.17, 15) is 9.90 Å². The second-order valence-electron chi connectivity index (χ2n) is 5.84. The summed E-state index contributed by atoms with van der Waals surface area (Å²) in [6, 6.07) is 4.87. The second kappa shape index (κ2) is 7.64. The van der Waals surface area contributed by atoms with Gasteiger partial charge in [-0.2, -0.15) is 0 Å². The van der Waals surface area contributed by atoms with Gasteiger partial charge in [0.05, 0.1) is 18.2 Å². The average molecular weight is 345 g/mol. The number of nitrogens with one attached hydrogen (secondary N) is 1. The van der Waals surface area contributed by atoms with Crippen molar-refractivity contribution in [1.82, 2.24) is 10.2 Å². The third kappa shape index (κ3) is 4.35. The Bertz CT molecular complexity index is 531. The Morgan fingerprint density at radius 3 is 2.55 bits per heavy atom. The van der Waals surface area contributed by atoms with Gasteiger partial charge < -0.3 is 10.4 Å². The third-order valence-corrected chi connectivity index (χ3v) is 4.78. The molecule has 1 amide bonds. The molecule has 0 spiro atoms. The quantitative estimate of drug-likeness (QED) is 0.882. The largest absolute Gasteiger partial charge is 0.393 e. The molecule has 1 aromatic carbocycles. The van der Waals surface area contributed by atoms with Gasteiger partial charge in [0.1, 0.15) is 0 Å². The Labute approximate surface area is 141 Å². The van der Waals surface area contributed by atoms with E-state index in [2.05, 4.69) is 10.2 Å². The highest BCUT2D eigenvalue weighted by Gasteiger charge is 2.26. The Kier molecular flexibility index (Phi) is 6.09. The second-order valence-corrected chi connectivity index (χ2v) is 6.68. The minimum Gasteiger partial charge on any atom is -0.393 e. The highest BCUT2D eigenvalue weighted by Crippen LogP contribution is 2.26. The molecule has 1 aromatic rings. The first-order chi connectivity index (χ1) is 10.4. The van der Waals surface area contributed by atoms with Crippen molar-refractivity contribution in [2.45, 2.75) is 44.9 Å². The van der Waals surface area contributed by atoms with Gasteiger partial charge in [-0.3, -0.25) is 9.69 Å². The van der Waals surface area contributed by atoms with Crippen LogP contribution in [0.4, 0.5) is 0 Å². The van der Waals surface area contributed by atoms with Crippen molar-refractivity contribution in [3.8, 4) is 0 Å². The molecule has 4 nitrogen and oxygen atoms in total. The number of nitrogens with zero attached hydrogens (tertiary/aromatic N) is 1. The van der Waals surface area contributed by atoms with E-state index in [0.29, 0.717) is 10.0 Å². The molecule has 0 radical (unpaired) electrons. The molecule has 1 saturated heterocycles. The summed E-state index contributed by atoms with van der Waals surface area (Å²) in [7, 11) is 0. The Hall–Kier alpha value is -0.810. The lowest BCUT2D eigenvalue weighted by atomic mass is 10.0. The van der Waals surface area contributed by atoms with Gasteiger partial charge in [-0.25, -0.2) is 0 Å². The van der Waals surface area contributed by atoms with Crippen LogP contribution in [0.15, 0.2) is 18.2 Å². The summed E-state index contributed by atoms with van der Waals surface area (Å²) >= 11 is 12.1. The SMILES string of the molecule is CC(NC(=O)C(C)N1CCC(O)CC1)c1ccc(Cl)cc1Cl. The number of amides is 1. The van der Waals surface area contributed by atoms with Gasteiger partial charge in [-0.1, -0.05) is 29.3 Å². The van der Waals surface area contributed by atoms with Crippen LogP contribution < -0.4 is 5.32 Å². The summed E-state index contributed by atoms with van der Waals surface area (Å²) in [5.41, 5.74) is 0.848. The monoisotopic (exact) mass is 344 g/mol. The molecular weight excluding hydrogens is 323 g/mol. The Balaban J connectivity index is 1.95. The van der Waals surface area contributed by atoms with E-state index < -0.39 is 0 Å². The van der Waals surface area contributed by atoms with E-state index in [1.165, 1.54) is 0 Å². The van der Waals surface area contributed by atoms with Crippen molar-refractivity contribution in [1.29, 1.82) is 0 Å². The number of halogens is 2. The number of likely N-dealkylation sites (tertiary alicyclic amines) is 1. The standard InChI is InChI=1S/C16H22Cl2N2O2/c1-10(14-4-3-12(17)9-15(14)18)19-16(22)11(2)20-7-5-13(21)6-8-20/h3-4,9-11,13,21H,5-8H2,1-2H3,(H,19,22). The molecule has 0 aliphatic carbocycles. The van der Waals surface area contributed by atoms with Gasteiger partial charge in [-0.15, -0.1) is 0 Å². The van der Waals surface area contributed by atoms with Crippen molar-refractivity contribution in [2.24, 2.45) is 0 Å². The van der Waals surface area contributed by atoms with Gasteiger partial charge in [0.15, 0.2) is 0 Å². The topological polar surface area (TPSA) is 52.6 Å². The third-order valence-electron chi connectivity index (χ3n) is 4.21. The smallest absolute Gasteiger partial charge is 0.237 e. The summed E-state index contributed by atoms with van der Waals surface area (Å²) < 4.78 is 0. The molecule has 122 valence electrons. The molecule has 1 aliphatic heterocycles. The number of piperidine rings is 1. The molecule has 2 atom stereocenters. The van der Waals surface area contributed by atoms with Crippen molar-refractivity contribution in [2.75, 3.05) is 13.1 Å². The normalized spacial score (nSPS) is 19.7. The molecule has 1 heterocycles. The number of hydrogen-bond acceptors (Lipinski definition) is 3. The molecule has 22 heavy (non-hydrogen) atoms. The van der Waals surface area contributed by atoms with Crippen LogP contribution in [0.1, 0.15) is 38.3 Å². The summed E-state index contributed by atoms with van der Waals surface area (Å²) in [4.78, 5) is 14.5. The highest BCUT2D eigenvalue weighted by molar-refractivity contribution is 6.35. The Morgan fingerprint density at radius 2 is 1.95 bits per heavy atom. The van der Waals surface area contributed by atoms with Crippen LogP contribution in [0.25, 0.3) is 0 Å². The number of carbonyl (C=O) groups is 1. The fourth-order valence-electron chi connectivity index (χ4n) is 2.70. The van der Waals surface area contributed by atoms with Crippen LogP contribution >= 0.6 is 23.2 Å². The molecule has 1 fully saturated rings. The van der Waals surface area contributed by atoms with Crippen molar-refractivity contribution in [3.63, 3.8) is 0 Å².